The van der Waals surface area contributed by atoms with Gasteiger partial charge in [0.1, 0.15) is 0 Å². The first-order chi connectivity index (χ1) is 11.6. The van der Waals surface area contributed by atoms with Crippen LogP contribution in [0.25, 0.3) is 0 Å². The van der Waals surface area contributed by atoms with Crippen LogP contribution < -0.4 is 5.32 Å². The van der Waals surface area contributed by atoms with Gasteiger partial charge in [-0.3, -0.25) is 9.59 Å². The molecule has 2 amide bonds. The number of amides is 2. The monoisotopic (exact) mass is 470 g/mol. The molecule has 3 rings (SSSR count). The minimum atomic E-state index is -0.217. The molecule has 0 unspecified atom stereocenters. The SMILES string of the molecule is O=C(Nc1ccccc1C(=O)N1CCCCC1)c1cc(Br)c(Br)s1. The molecule has 0 bridgehead atoms. The summed E-state index contributed by atoms with van der Waals surface area (Å²) in [6, 6.07) is 8.95. The van der Waals surface area contributed by atoms with Crippen molar-refractivity contribution in [2.45, 2.75) is 19.3 Å². The van der Waals surface area contributed by atoms with Gasteiger partial charge in [0.25, 0.3) is 11.8 Å². The van der Waals surface area contributed by atoms with Gasteiger partial charge in [-0.05, 0) is 69.3 Å². The second-order valence-corrected chi connectivity index (χ2v) is 8.81. The third-order valence-electron chi connectivity index (χ3n) is 3.92. The van der Waals surface area contributed by atoms with E-state index in [-0.39, 0.29) is 11.8 Å². The second-order valence-electron chi connectivity index (χ2n) is 5.58. The summed E-state index contributed by atoms with van der Waals surface area (Å²) in [7, 11) is 0. The lowest BCUT2D eigenvalue weighted by Crippen LogP contribution is -2.36. The third kappa shape index (κ3) is 3.90. The molecule has 0 radical (unpaired) electrons. The molecule has 1 N–H and O–H groups in total. The maximum atomic E-state index is 12.8. The first-order valence-corrected chi connectivity index (χ1v) is 10.1. The van der Waals surface area contributed by atoms with Gasteiger partial charge in [0, 0.05) is 17.6 Å². The van der Waals surface area contributed by atoms with E-state index < -0.39 is 0 Å². The van der Waals surface area contributed by atoms with Gasteiger partial charge in [-0.1, -0.05) is 12.1 Å². The molecule has 1 saturated heterocycles. The Kier molecular flexibility index (Phi) is 5.73. The van der Waals surface area contributed by atoms with Gasteiger partial charge in [0.15, 0.2) is 0 Å². The Labute approximate surface area is 161 Å². The topological polar surface area (TPSA) is 49.4 Å². The summed E-state index contributed by atoms with van der Waals surface area (Å²) in [5, 5.41) is 2.87. The van der Waals surface area contributed by atoms with Gasteiger partial charge in [-0.2, -0.15) is 0 Å². The number of piperidine rings is 1. The molecule has 2 aromatic rings. The van der Waals surface area contributed by atoms with Crippen LogP contribution in [0, 0.1) is 0 Å². The van der Waals surface area contributed by atoms with Crippen LogP contribution in [0.5, 0.6) is 0 Å². The summed E-state index contributed by atoms with van der Waals surface area (Å²) in [6.07, 6.45) is 3.25. The highest BCUT2D eigenvalue weighted by Crippen LogP contribution is 2.33. The van der Waals surface area contributed by atoms with Gasteiger partial charge >= 0.3 is 0 Å². The highest BCUT2D eigenvalue weighted by Gasteiger charge is 2.22. The van der Waals surface area contributed by atoms with Crippen LogP contribution in [0.2, 0.25) is 0 Å². The number of nitrogens with one attached hydrogen (secondary N) is 1. The molecule has 7 heteroatoms. The number of anilines is 1. The zero-order valence-electron chi connectivity index (χ0n) is 12.9. The summed E-state index contributed by atoms with van der Waals surface area (Å²) >= 11 is 8.12. The van der Waals surface area contributed by atoms with Crippen LogP contribution >= 0.6 is 43.2 Å². The van der Waals surface area contributed by atoms with Crippen molar-refractivity contribution in [1.29, 1.82) is 0 Å². The van der Waals surface area contributed by atoms with Crippen molar-refractivity contribution in [2.75, 3.05) is 18.4 Å². The molecule has 1 aliphatic rings. The van der Waals surface area contributed by atoms with Gasteiger partial charge < -0.3 is 10.2 Å². The number of benzene rings is 1. The number of thiophene rings is 1. The van der Waals surface area contributed by atoms with E-state index >= 15 is 0 Å². The Hall–Kier alpha value is -1.18. The zero-order chi connectivity index (χ0) is 17.1. The number of hydrogen-bond acceptors (Lipinski definition) is 3. The number of likely N-dealkylation sites (tertiary alicyclic amines) is 1. The number of rotatable bonds is 3. The fourth-order valence-corrected chi connectivity index (χ4v) is 4.62. The highest BCUT2D eigenvalue weighted by atomic mass is 79.9. The van der Waals surface area contributed by atoms with Crippen molar-refractivity contribution in [3.8, 4) is 0 Å². The van der Waals surface area contributed by atoms with Gasteiger partial charge in [0.2, 0.25) is 0 Å². The zero-order valence-corrected chi connectivity index (χ0v) is 16.8. The van der Waals surface area contributed by atoms with Crippen LogP contribution in [-0.4, -0.2) is 29.8 Å². The standard InChI is InChI=1S/C17H16Br2N2O2S/c18-12-10-14(24-15(12)19)16(22)20-13-7-3-2-6-11(13)17(23)21-8-4-1-5-9-21/h2-3,6-7,10H,1,4-5,8-9H2,(H,20,22). The Balaban J connectivity index is 1.81. The van der Waals surface area contributed by atoms with Crippen molar-refractivity contribution in [1.82, 2.24) is 4.90 Å². The number of halogens is 2. The normalized spacial score (nSPS) is 14.5. The Bertz CT molecular complexity index is 750. The predicted molar refractivity (Wildman–Crippen MR) is 104 cm³/mol. The second kappa shape index (κ2) is 7.80. The van der Waals surface area contributed by atoms with Crippen molar-refractivity contribution in [2.24, 2.45) is 0 Å². The summed E-state index contributed by atoms with van der Waals surface area (Å²) in [5.41, 5.74) is 1.10. The molecular formula is C17H16Br2N2O2S. The van der Waals surface area contributed by atoms with E-state index in [2.05, 4.69) is 37.2 Å². The summed E-state index contributed by atoms with van der Waals surface area (Å²) in [5.74, 6) is -0.232. The average Bonchev–Trinajstić information content (AvgIpc) is 2.95. The molecule has 2 heterocycles. The molecule has 1 fully saturated rings. The Morgan fingerprint density at radius 1 is 1.08 bits per heavy atom. The molecule has 0 saturated carbocycles. The van der Waals surface area contributed by atoms with Crippen molar-refractivity contribution < 1.29 is 9.59 Å². The highest BCUT2D eigenvalue weighted by molar-refractivity contribution is 9.13. The van der Waals surface area contributed by atoms with Crippen LogP contribution in [0.1, 0.15) is 39.3 Å². The lowest BCUT2D eigenvalue weighted by Gasteiger charge is -2.27. The van der Waals surface area contributed by atoms with Crippen LogP contribution in [0.4, 0.5) is 5.69 Å². The molecular weight excluding hydrogens is 456 g/mol. The first-order valence-electron chi connectivity index (χ1n) is 7.71. The molecule has 0 spiro atoms. The van der Waals surface area contributed by atoms with Crippen molar-refractivity contribution in [3.63, 3.8) is 0 Å². The predicted octanol–water partition coefficient (Wildman–Crippen LogP) is 5.15. The van der Waals surface area contributed by atoms with Crippen LogP contribution in [0.15, 0.2) is 38.6 Å². The summed E-state index contributed by atoms with van der Waals surface area (Å²) < 4.78 is 1.71. The number of nitrogens with zero attached hydrogens (tertiary/aromatic N) is 1. The van der Waals surface area contributed by atoms with E-state index in [1.54, 1.807) is 18.2 Å². The third-order valence-corrected chi connectivity index (χ3v) is 7.17. The largest absolute Gasteiger partial charge is 0.339 e. The molecule has 24 heavy (non-hydrogen) atoms. The number of hydrogen-bond donors (Lipinski definition) is 1. The first kappa shape index (κ1) is 17.6. The number of para-hydroxylation sites is 1. The van der Waals surface area contributed by atoms with Gasteiger partial charge in [0.05, 0.1) is 19.9 Å². The van der Waals surface area contributed by atoms with E-state index in [1.807, 2.05) is 17.0 Å². The van der Waals surface area contributed by atoms with Gasteiger partial charge in [-0.25, -0.2) is 0 Å². The van der Waals surface area contributed by atoms with E-state index in [9.17, 15) is 9.59 Å². The van der Waals surface area contributed by atoms with Crippen LogP contribution in [0.3, 0.4) is 0 Å². The molecule has 0 atom stereocenters. The summed E-state index contributed by atoms with van der Waals surface area (Å²) in [6.45, 7) is 1.57. The molecule has 4 nitrogen and oxygen atoms in total. The fourth-order valence-electron chi connectivity index (χ4n) is 2.69. The molecule has 126 valence electrons. The quantitative estimate of drug-likeness (QED) is 0.672. The molecule has 1 aromatic heterocycles. The minimum Gasteiger partial charge on any atom is -0.339 e. The molecule has 1 aliphatic heterocycles. The fraction of sp³-hybridized carbons (Fsp3) is 0.294. The maximum Gasteiger partial charge on any atom is 0.265 e. The molecule has 1 aromatic carbocycles. The average molecular weight is 472 g/mol. The smallest absolute Gasteiger partial charge is 0.265 e. The summed E-state index contributed by atoms with van der Waals surface area (Å²) in [4.78, 5) is 27.7. The van der Waals surface area contributed by atoms with E-state index in [0.29, 0.717) is 16.1 Å². The van der Waals surface area contributed by atoms with Crippen LogP contribution in [-0.2, 0) is 0 Å². The van der Waals surface area contributed by atoms with E-state index in [0.717, 1.165) is 34.2 Å². The number of carbonyl (C=O) groups is 2. The minimum absolute atomic E-state index is 0.0147. The molecule has 0 aliphatic carbocycles. The Morgan fingerprint density at radius 3 is 2.46 bits per heavy atom. The van der Waals surface area contributed by atoms with E-state index in [1.165, 1.54) is 17.8 Å². The van der Waals surface area contributed by atoms with Gasteiger partial charge in [-0.15, -0.1) is 11.3 Å². The van der Waals surface area contributed by atoms with Crippen molar-refractivity contribution in [3.05, 3.63) is 49.0 Å². The Morgan fingerprint density at radius 2 is 1.79 bits per heavy atom. The number of carbonyl (C=O) groups excluding carboxylic acids is 2. The maximum absolute atomic E-state index is 12.8. The lowest BCUT2D eigenvalue weighted by molar-refractivity contribution is 0.0725. The lowest BCUT2D eigenvalue weighted by atomic mass is 10.1. The van der Waals surface area contributed by atoms with Crippen molar-refractivity contribution >= 4 is 60.7 Å². The van der Waals surface area contributed by atoms with E-state index in [4.69, 9.17) is 0 Å².